The molecule has 15 heavy (non-hydrogen) atoms. The molecule has 1 heterocycles. The van der Waals surface area contributed by atoms with E-state index in [0.29, 0.717) is 6.54 Å². The van der Waals surface area contributed by atoms with E-state index < -0.39 is 0 Å². The molecular weight excluding hydrogens is 194 g/mol. The minimum Gasteiger partial charge on any atom is -0.356 e. The molecule has 0 bridgehead atoms. The number of carbonyl (C=O) groups is 1. The van der Waals surface area contributed by atoms with Gasteiger partial charge in [-0.3, -0.25) is 0 Å². The van der Waals surface area contributed by atoms with E-state index in [2.05, 4.69) is 20.6 Å². The molecule has 6 heteroatoms. The Hall–Kier alpha value is -1.72. The molecule has 1 rings (SSSR count). The summed E-state index contributed by atoms with van der Waals surface area (Å²) in [6.07, 6.45) is 1.66. The van der Waals surface area contributed by atoms with Crippen molar-refractivity contribution in [2.75, 3.05) is 32.1 Å². The van der Waals surface area contributed by atoms with E-state index >= 15 is 0 Å². The Balaban J connectivity index is 2.34. The Bertz CT molecular complexity index is 322. The lowest BCUT2D eigenvalue weighted by Crippen LogP contribution is -2.38. The molecule has 0 saturated carbocycles. The largest absolute Gasteiger partial charge is 0.356 e. The van der Waals surface area contributed by atoms with Crippen LogP contribution in [0.3, 0.4) is 0 Å². The van der Waals surface area contributed by atoms with Crippen LogP contribution >= 0.6 is 0 Å². The van der Waals surface area contributed by atoms with Gasteiger partial charge in [0.05, 0.1) is 12.0 Å². The zero-order chi connectivity index (χ0) is 11.3. The molecule has 0 spiro atoms. The first-order valence-corrected chi connectivity index (χ1v) is 4.82. The lowest BCUT2D eigenvalue weighted by atomic mass is 10.4. The van der Waals surface area contributed by atoms with E-state index in [1.807, 2.05) is 18.9 Å². The fourth-order valence-electron chi connectivity index (χ4n) is 1.27. The lowest BCUT2D eigenvalue weighted by molar-refractivity contribution is 0.243. The fourth-order valence-corrected chi connectivity index (χ4v) is 1.27. The quantitative estimate of drug-likeness (QED) is 0.660. The van der Waals surface area contributed by atoms with Crippen molar-refractivity contribution in [3.8, 4) is 0 Å². The van der Waals surface area contributed by atoms with E-state index in [4.69, 9.17) is 0 Å². The smallest absolute Gasteiger partial charge is 0.314 e. The maximum atomic E-state index is 10.9. The molecule has 0 aliphatic rings. The molecule has 1 aromatic heterocycles. The fraction of sp³-hybridized carbons (Fsp3) is 0.556. The van der Waals surface area contributed by atoms with E-state index in [1.165, 1.54) is 0 Å². The second-order valence-corrected chi connectivity index (χ2v) is 3.28. The number of urea groups is 1. The first-order valence-electron chi connectivity index (χ1n) is 4.82. The summed E-state index contributed by atoms with van der Waals surface area (Å²) in [5, 5.41) is 5.21. The number of nitrogens with one attached hydrogen (secondary N) is 3. The zero-order valence-corrected chi connectivity index (χ0v) is 9.29. The van der Waals surface area contributed by atoms with Gasteiger partial charge in [0.2, 0.25) is 0 Å². The van der Waals surface area contributed by atoms with Crippen molar-refractivity contribution >= 4 is 11.8 Å². The van der Waals surface area contributed by atoms with Crippen LogP contribution in [0.25, 0.3) is 0 Å². The maximum absolute atomic E-state index is 10.9. The first-order chi connectivity index (χ1) is 7.15. The summed E-state index contributed by atoms with van der Waals surface area (Å²) >= 11 is 0. The Morgan fingerprint density at radius 1 is 1.67 bits per heavy atom. The number of carbonyl (C=O) groups excluding carboxylic acids is 1. The van der Waals surface area contributed by atoms with Crippen LogP contribution in [0, 0.1) is 6.92 Å². The molecule has 0 aliphatic heterocycles. The van der Waals surface area contributed by atoms with Gasteiger partial charge >= 0.3 is 6.03 Å². The van der Waals surface area contributed by atoms with Gasteiger partial charge in [0.1, 0.15) is 5.82 Å². The highest BCUT2D eigenvalue weighted by atomic mass is 16.2. The van der Waals surface area contributed by atoms with Crippen LogP contribution < -0.4 is 15.5 Å². The van der Waals surface area contributed by atoms with Crippen molar-refractivity contribution < 1.29 is 4.79 Å². The van der Waals surface area contributed by atoms with Crippen LogP contribution in [0.1, 0.15) is 5.69 Å². The number of hydrogen-bond acceptors (Lipinski definition) is 3. The van der Waals surface area contributed by atoms with Gasteiger partial charge in [-0.15, -0.1) is 0 Å². The summed E-state index contributed by atoms with van der Waals surface area (Å²) in [5.41, 5.74) is 1.03. The monoisotopic (exact) mass is 211 g/mol. The highest BCUT2D eigenvalue weighted by Gasteiger charge is 2.06. The van der Waals surface area contributed by atoms with Gasteiger partial charge in [0, 0.05) is 27.2 Å². The van der Waals surface area contributed by atoms with Crippen molar-refractivity contribution in [3.63, 3.8) is 0 Å². The first kappa shape index (κ1) is 11.4. The van der Waals surface area contributed by atoms with E-state index in [0.717, 1.165) is 18.1 Å². The SMILES string of the molecule is CNC(=O)NCCN(C)c1nc[nH]c1C. The van der Waals surface area contributed by atoms with Gasteiger partial charge in [-0.2, -0.15) is 0 Å². The number of likely N-dealkylation sites (N-methyl/N-ethyl adjacent to an activating group) is 1. The average molecular weight is 211 g/mol. The number of amides is 2. The normalized spacial score (nSPS) is 9.80. The average Bonchev–Trinajstić information content (AvgIpc) is 2.64. The lowest BCUT2D eigenvalue weighted by Gasteiger charge is -2.17. The molecule has 84 valence electrons. The Morgan fingerprint density at radius 3 is 2.93 bits per heavy atom. The molecule has 0 aromatic carbocycles. The molecule has 0 fully saturated rings. The van der Waals surface area contributed by atoms with Crippen molar-refractivity contribution in [1.29, 1.82) is 0 Å². The highest BCUT2D eigenvalue weighted by molar-refractivity contribution is 5.73. The number of H-pyrrole nitrogens is 1. The number of nitrogens with zero attached hydrogens (tertiary/aromatic N) is 2. The Labute approximate surface area is 89.1 Å². The summed E-state index contributed by atoms with van der Waals surface area (Å²) in [4.78, 5) is 20.1. The van der Waals surface area contributed by atoms with Crippen LogP contribution in [0.4, 0.5) is 10.6 Å². The Morgan fingerprint density at radius 2 is 2.40 bits per heavy atom. The minimum atomic E-state index is -0.165. The number of hydrogen-bond donors (Lipinski definition) is 3. The molecule has 1 aromatic rings. The number of aromatic nitrogens is 2. The van der Waals surface area contributed by atoms with Crippen molar-refractivity contribution in [3.05, 3.63) is 12.0 Å². The summed E-state index contributed by atoms with van der Waals surface area (Å²) in [7, 11) is 3.53. The van der Waals surface area contributed by atoms with Gasteiger partial charge in [0.15, 0.2) is 0 Å². The summed E-state index contributed by atoms with van der Waals surface area (Å²) in [5.74, 6) is 0.911. The zero-order valence-electron chi connectivity index (χ0n) is 9.29. The third-order valence-electron chi connectivity index (χ3n) is 2.12. The third-order valence-corrected chi connectivity index (χ3v) is 2.12. The molecule has 0 saturated heterocycles. The van der Waals surface area contributed by atoms with Gasteiger partial charge in [-0.25, -0.2) is 9.78 Å². The minimum absolute atomic E-state index is 0.165. The number of aryl methyl sites for hydroxylation is 1. The van der Waals surface area contributed by atoms with Crippen molar-refractivity contribution in [2.45, 2.75) is 6.92 Å². The predicted molar refractivity (Wildman–Crippen MR) is 59.1 cm³/mol. The van der Waals surface area contributed by atoms with Crippen LogP contribution in [-0.2, 0) is 0 Å². The summed E-state index contributed by atoms with van der Waals surface area (Å²) in [6, 6.07) is -0.165. The topological polar surface area (TPSA) is 73.1 Å². The maximum Gasteiger partial charge on any atom is 0.314 e. The molecule has 0 radical (unpaired) electrons. The molecule has 3 N–H and O–H groups in total. The van der Waals surface area contributed by atoms with E-state index in [9.17, 15) is 4.79 Å². The van der Waals surface area contributed by atoms with Crippen LogP contribution in [0.2, 0.25) is 0 Å². The molecular formula is C9H17N5O. The predicted octanol–water partition coefficient (Wildman–Crippen LogP) is 0.0833. The summed E-state index contributed by atoms with van der Waals surface area (Å²) in [6.45, 7) is 3.27. The molecule has 6 nitrogen and oxygen atoms in total. The molecule has 2 amide bonds. The van der Waals surface area contributed by atoms with Crippen LogP contribution in [0.5, 0.6) is 0 Å². The van der Waals surface area contributed by atoms with Crippen LogP contribution in [0.15, 0.2) is 6.33 Å². The second kappa shape index (κ2) is 5.23. The number of aromatic amines is 1. The number of anilines is 1. The molecule has 0 aliphatic carbocycles. The van der Waals surface area contributed by atoms with Gasteiger partial charge in [0.25, 0.3) is 0 Å². The van der Waals surface area contributed by atoms with Gasteiger partial charge in [-0.1, -0.05) is 0 Å². The van der Waals surface area contributed by atoms with Crippen molar-refractivity contribution in [2.24, 2.45) is 0 Å². The molecule has 0 atom stereocenters. The highest BCUT2D eigenvalue weighted by Crippen LogP contribution is 2.11. The van der Waals surface area contributed by atoms with E-state index in [-0.39, 0.29) is 6.03 Å². The number of imidazole rings is 1. The van der Waals surface area contributed by atoms with E-state index in [1.54, 1.807) is 13.4 Å². The Kier molecular flexibility index (Phi) is 3.96. The second-order valence-electron chi connectivity index (χ2n) is 3.28. The van der Waals surface area contributed by atoms with Crippen molar-refractivity contribution in [1.82, 2.24) is 20.6 Å². The molecule has 0 unspecified atom stereocenters. The third kappa shape index (κ3) is 3.16. The van der Waals surface area contributed by atoms with Gasteiger partial charge < -0.3 is 20.5 Å². The number of rotatable bonds is 4. The van der Waals surface area contributed by atoms with Gasteiger partial charge in [-0.05, 0) is 6.92 Å². The standard InChI is InChI=1S/C9H17N5O/c1-7-8(13-6-12-7)14(3)5-4-11-9(15)10-2/h6H,4-5H2,1-3H3,(H,12,13)(H2,10,11,15). The summed E-state index contributed by atoms with van der Waals surface area (Å²) < 4.78 is 0. The van der Waals surface area contributed by atoms with Crippen LogP contribution in [-0.4, -0.2) is 43.2 Å².